The summed E-state index contributed by atoms with van der Waals surface area (Å²) in [6, 6.07) is 46.2. The maximum Gasteiger partial charge on any atom is 0.475 e. The van der Waals surface area contributed by atoms with E-state index in [4.69, 9.17) is 23.0 Å². The lowest BCUT2D eigenvalue weighted by Gasteiger charge is -2.42. The first kappa shape index (κ1) is 40.4. The van der Waals surface area contributed by atoms with Gasteiger partial charge in [0.1, 0.15) is 19.0 Å². The molecular weight excluding hydrogens is 758 g/mol. The highest BCUT2D eigenvalue weighted by Crippen LogP contribution is 2.56. The van der Waals surface area contributed by atoms with E-state index in [1.807, 2.05) is 126 Å². The topological polar surface area (TPSA) is 117 Å². The van der Waals surface area contributed by atoms with Crippen LogP contribution in [0.1, 0.15) is 41.5 Å². The molecule has 12 heteroatoms. The number of carboxylic acids is 1. The number of pyridine rings is 1. The molecule has 298 valence electrons. The highest BCUT2D eigenvalue weighted by atomic mass is 31.2. The van der Waals surface area contributed by atoms with Crippen LogP contribution >= 0.6 is 7.82 Å². The molecule has 0 aliphatic carbocycles. The third-order valence-corrected chi connectivity index (χ3v) is 11.3. The third-order valence-electron chi connectivity index (χ3n) is 9.80. The highest BCUT2D eigenvalue weighted by molar-refractivity contribution is 7.48. The minimum absolute atomic E-state index is 0.0717. The molecule has 0 radical (unpaired) electrons. The van der Waals surface area contributed by atoms with Crippen molar-refractivity contribution in [1.29, 1.82) is 0 Å². The van der Waals surface area contributed by atoms with Crippen LogP contribution < -0.4 is 14.4 Å². The van der Waals surface area contributed by atoms with Crippen LogP contribution in [0.15, 0.2) is 152 Å². The number of piperidine rings is 1. The van der Waals surface area contributed by atoms with Gasteiger partial charge in [0, 0.05) is 24.7 Å². The predicted octanol–water partition coefficient (Wildman–Crippen LogP) is 10.4. The SMILES string of the molecule is O=C(O)CC1(OP(=O)(OCc2ccccc2)OCc2ccccc2)CCN(c2ccc(-c3ccc(OCc4ccccc4)nc3OCc3ccccc3)cc2F)CC1. The Kier molecular flexibility index (Phi) is 13.3. The van der Waals surface area contributed by atoms with Crippen molar-refractivity contribution >= 4 is 19.5 Å². The molecule has 0 spiro atoms. The van der Waals surface area contributed by atoms with Crippen molar-refractivity contribution in [1.82, 2.24) is 4.98 Å². The number of carboxylic acid groups (broad SMARTS) is 1. The molecule has 58 heavy (non-hydrogen) atoms. The zero-order valence-corrected chi connectivity index (χ0v) is 32.7. The van der Waals surface area contributed by atoms with E-state index in [0.717, 1.165) is 22.3 Å². The molecule has 5 aromatic carbocycles. The molecule has 1 saturated heterocycles. The number of carbonyl (C=O) groups is 1. The van der Waals surface area contributed by atoms with Gasteiger partial charge in [-0.15, -0.1) is 0 Å². The summed E-state index contributed by atoms with van der Waals surface area (Å²) >= 11 is 0. The number of rotatable bonds is 18. The van der Waals surface area contributed by atoms with E-state index in [-0.39, 0.29) is 45.8 Å². The summed E-state index contributed by atoms with van der Waals surface area (Å²) in [4.78, 5) is 18.7. The van der Waals surface area contributed by atoms with Crippen LogP contribution in [0.4, 0.5) is 10.1 Å². The molecule has 10 nitrogen and oxygen atoms in total. The van der Waals surface area contributed by atoms with Crippen LogP contribution in [-0.2, 0) is 49.4 Å². The number of phosphoric ester groups is 1. The normalized spacial score (nSPS) is 13.8. The molecule has 0 bridgehead atoms. The number of ether oxygens (including phenoxy) is 2. The first-order chi connectivity index (χ1) is 28.2. The Balaban J connectivity index is 1.08. The third kappa shape index (κ3) is 11.0. The van der Waals surface area contributed by atoms with Crippen LogP contribution in [0.3, 0.4) is 0 Å². The number of hydrogen-bond acceptors (Lipinski definition) is 9. The molecule has 0 unspecified atom stereocenters. The summed E-state index contributed by atoms with van der Waals surface area (Å²) in [5, 5.41) is 9.99. The number of hydrogen-bond donors (Lipinski definition) is 1. The van der Waals surface area contributed by atoms with Crippen LogP contribution in [0.25, 0.3) is 11.1 Å². The molecule has 1 N–H and O–H groups in total. The lowest BCUT2D eigenvalue weighted by Crippen LogP contribution is -2.47. The first-order valence-corrected chi connectivity index (χ1v) is 20.5. The summed E-state index contributed by atoms with van der Waals surface area (Å²) < 4.78 is 60.6. The second kappa shape index (κ2) is 19.1. The van der Waals surface area contributed by atoms with Crippen molar-refractivity contribution < 1.29 is 41.9 Å². The minimum atomic E-state index is -4.32. The number of aliphatic carboxylic acids is 1. The van der Waals surface area contributed by atoms with Gasteiger partial charge >= 0.3 is 13.8 Å². The maximum atomic E-state index is 16.2. The van der Waals surface area contributed by atoms with Crippen molar-refractivity contribution in [3.05, 3.63) is 180 Å². The van der Waals surface area contributed by atoms with Crippen molar-refractivity contribution in [2.75, 3.05) is 18.0 Å². The van der Waals surface area contributed by atoms with Gasteiger partial charge in [-0.3, -0.25) is 18.4 Å². The van der Waals surface area contributed by atoms with Gasteiger partial charge in [0.2, 0.25) is 11.8 Å². The smallest absolute Gasteiger partial charge is 0.475 e. The number of aromatic nitrogens is 1. The number of anilines is 1. The molecule has 1 aliphatic heterocycles. The number of halogens is 1. The standard InChI is InChI=1S/C46H44FN2O8P/c47-41-29-39(40-22-24-43(53-31-35-13-5-1-6-14-35)48-45(40)54-32-36-15-7-2-8-16-36)21-23-42(41)49-27-25-46(26-28-49,30-44(50)51)57-58(52,55-33-37-17-9-3-10-18-37)56-34-38-19-11-4-12-20-38/h1-24,29H,25-28,30-34H2,(H,50,51). The summed E-state index contributed by atoms with van der Waals surface area (Å²) in [5.41, 5.74) is 3.50. The Morgan fingerprint density at radius 2 is 1.17 bits per heavy atom. The van der Waals surface area contributed by atoms with Gasteiger partial charge in [0.25, 0.3) is 0 Å². The van der Waals surface area contributed by atoms with Crippen molar-refractivity contribution in [2.45, 2.75) is 51.3 Å². The fraction of sp³-hybridized carbons (Fsp3) is 0.217. The summed E-state index contributed by atoms with van der Waals surface area (Å²) in [5.74, 6) is -0.945. The van der Waals surface area contributed by atoms with Gasteiger partial charge in [-0.2, -0.15) is 4.98 Å². The monoisotopic (exact) mass is 802 g/mol. The Labute approximate surface area is 337 Å². The van der Waals surface area contributed by atoms with E-state index in [1.165, 1.54) is 6.07 Å². The number of benzene rings is 5. The summed E-state index contributed by atoms with van der Waals surface area (Å²) in [6.45, 7) is 0.874. The largest absolute Gasteiger partial charge is 0.481 e. The Hall–Kier alpha value is -5.84. The second-order valence-electron chi connectivity index (χ2n) is 14.0. The molecule has 7 rings (SSSR count). The van der Waals surface area contributed by atoms with Crippen LogP contribution in [0, 0.1) is 5.82 Å². The molecule has 6 aromatic rings. The van der Waals surface area contributed by atoms with Gasteiger partial charge in [0.05, 0.1) is 30.9 Å². The van der Waals surface area contributed by atoms with Crippen LogP contribution in [0.5, 0.6) is 11.8 Å². The van der Waals surface area contributed by atoms with Gasteiger partial charge < -0.3 is 19.5 Å². The van der Waals surface area contributed by atoms with E-state index in [9.17, 15) is 14.5 Å². The number of nitrogens with zero attached hydrogens (tertiary/aromatic N) is 2. The molecule has 1 fully saturated rings. The summed E-state index contributed by atoms with van der Waals surface area (Å²) in [6.07, 6.45) is -0.196. The van der Waals surface area contributed by atoms with E-state index >= 15 is 4.39 Å². The molecule has 0 atom stereocenters. The van der Waals surface area contributed by atoms with Crippen molar-refractivity contribution in [3.8, 4) is 22.9 Å². The molecule has 1 aromatic heterocycles. The zero-order chi connectivity index (χ0) is 40.2. The average molecular weight is 803 g/mol. The highest BCUT2D eigenvalue weighted by Gasteiger charge is 2.45. The lowest BCUT2D eigenvalue weighted by atomic mass is 9.88. The van der Waals surface area contributed by atoms with Crippen LogP contribution in [-0.4, -0.2) is 34.8 Å². The first-order valence-electron chi connectivity index (χ1n) is 19.0. The zero-order valence-electron chi connectivity index (χ0n) is 31.8. The average Bonchev–Trinajstić information content (AvgIpc) is 3.25. The Morgan fingerprint density at radius 3 is 1.67 bits per heavy atom. The van der Waals surface area contributed by atoms with Gasteiger partial charge in [-0.1, -0.05) is 127 Å². The van der Waals surface area contributed by atoms with Crippen LogP contribution in [0.2, 0.25) is 0 Å². The lowest BCUT2D eigenvalue weighted by molar-refractivity contribution is -0.143. The summed E-state index contributed by atoms with van der Waals surface area (Å²) in [7, 11) is -4.32. The fourth-order valence-electron chi connectivity index (χ4n) is 6.74. The van der Waals surface area contributed by atoms with Gasteiger partial charge in [-0.05, 0) is 58.9 Å². The van der Waals surface area contributed by atoms with Crippen molar-refractivity contribution in [2.24, 2.45) is 0 Å². The molecule has 1 aliphatic rings. The van der Waals surface area contributed by atoms with Crippen molar-refractivity contribution in [3.63, 3.8) is 0 Å². The molecule has 0 amide bonds. The van der Waals surface area contributed by atoms with E-state index in [1.54, 1.807) is 24.3 Å². The maximum absolute atomic E-state index is 16.2. The van der Waals surface area contributed by atoms with E-state index < -0.39 is 31.6 Å². The van der Waals surface area contributed by atoms with E-state index in [0.29, 0.717) is 35.2 Å². The molecule has 0 saturated carbocycles. The predicted molar refractivity (Wildman–Crippen MR) is 219 cm³/mol. The minimum Gasteiger partial charge on any atom is -0.481 e. The van der Waals surface area contributed by atoms with E-state index in [2.05, 4.69) is 4.98 Å². The number of phosphoric acid groups is 1. The van der Waals surface area contributed by atoms with Gasteiger partial charge in [0.15, 0.2) is 0 Å². The Morgan fingerprint density at radius 1 is 0.672 bits per heavy atom. The Bertz CT molecular complexity index is 2250. The molecular formula is C46H44FN2O8P. The molecule has 2 heterocycles. The quantitative estimate of drug-likeness (QED) is 0.0842. The fourth-order valence-corrected chi connectivity index (χ4v) is 8.25. The van der Waals surface area contributed by atoms with Gasteiger partial charge in [-0.25, -0.2) is 8.96 Å². The second-order valence-corrected chi connectivity index (χ2v) is 15.6.